The van der Waals surface area contributed by atoms with Crippen LogP contribution in [0.25, 0.3) is 0 Å². The largest absolute Gasteiger partial charge is 0.495 e. The summed E-state index contributed by atoms with van der Waals surface area (Å²) in [6.45, 7) is -3.37. The van der Waals surface area contributed by atoms with Gasteiger partial charge in [0.25, 0.3) is 0 Å². The van der Waals surface area contributed by atoms with E-state index in [4.69, 9.17) is 5.73 Å². The fraction of sp³-hybridized carbons (Fsp3) is 0.333. The molecule has 96 valence electrons. The van der Waals surface area contributed by atoms with E-state index < -0.39 is 24.1 Å². The summed E-state index contributed by atoms with van der Waals surface area (Å²) < 4.78 is 69.8. The van der Waals surface area contributed by atoms with E-state index in [-0.39, 0.29) is 11.4 Å². The van der Waals surface area contributed by atoms with Crippen LogP contribution in [0.3, 0.4) is 0 Å². The lowest BCUT2D eigenvalue weighted by molar-refractivity contribution is -0.141. The average Bonchev–Trinajstić information content (AvgIpc) is 2.14. The summed E-state index contributed by atoms with van der Waals surface area (Å²) in [5, 5.41) is 0. The van der Waals surface area contributed by atoms with Gasteiger partial charge in [-0.25, -0.2) is 0 Å². The summed E-state index contributed by atoms with van der Waals surface area (Å²) in [4.78, 5) is 0. The minimum absolute atomic E-state index is 0.226. The minimum Gasteiger partial charge on any atom is -0.495 e. The molecule has 0 aliphatic carbocycles. The number of anilines is 1. The van der Waals surface area contributed by atoms with Crippen molar-refractivity contribution in [1.29, 1.82) is 0 Å². The van der Waals surface area contributed by atoms with Crippen molar-refractivity contribution in [3.8, 4) is 11.5 Å². The van der Waals surface area contributed by atoms with Gasteiger partial charge in [0.1, 0.15) is 17.1 Å². The van der Waals surface area contributed by atoms with Gasteiger partial charge in [-0.05, 0) is 6.07 Å². The van der Waals surface area contributed by atoms with Crippen molar-refractivity contribution in [3.05, 3.63) is 17.7 Å². The lowest BCUT2D eigenvalue weighted by Crippen LogP contribution is -2.12. The molecule has 0 bridgehead atoms. The Labute approximate surface area is 92.9 Å². The van der Waals surface area contributed by atoms with Gasteiger partial charge in [-0.1, -0.05) is 0 Å². The third-order valence-electron chi connectivity index (χ3n) is 1.85. The van der Waals surface area contributed by atoms with Crippen LogP contribution < -0.4 is 15.2 Å². The zero-order valence-corrected chi connectivity index (χ0v) is 8.52. The third kappa shape index (κ3) is 3.11. The number of halogens is 5. The molecule has 3 nitrogen and oxygen atoms in total. The average molecular weight is 257 g/mol. The topological polar surface area (TPSA) is 44.5 Å². The van der Waals surface area contributed by atoms with Gasteiger partial charge in [0.2, 0.25) is 0 Å². The van der Waals surface area contributed by atoms with Gasteiger partial charge < -0.3 is 15.2 Å². The van der Waals surface area contributed by atoms with E-state index in [9.17, 15) is 22.0 Å². The number of nitrogens with two attached hydrogens (primary N) is 1. The molecule has 0 unspecified atom stereocenters. The van der Waals surface area contributed by atoms with E-state index in [1.807, 2.05) is 0 Å². The van der Waals surface area contributed by atoms with Crippen molar-refractivity contribution in [3.63, 3.8) is 0 Å². The first-order chi connectivity index (χ1) is 7.75. The first-order valence-corrected chi connectivity index (χ1v) is 4.25. The minimum atomic E-state index is -4.84. The lowest BCUT2D eigenvalue weighted by atomic mass is 10.1. The van der Waals surface area contributed by atoms with Crippen molar-refractivity contribution in [1.82, 2.24) is 0 Å². The van der Waals surface area contributed by atoms with E-state index in [1.165, 1.54) is 0 Å². The van der Waals surface area contributed by atoms with Crippen LogP contribution in [-0.4, -0.2) is 13.7 Å². The highest BCUT2D eigenvalue weighted by Crippen LogP contribution is 2.41. The molecule has 8 heteroatoms. The lowest BCUT2D eigenvalue weighted by Gasteiger charge is -2.15. The molecule has 0 spiro atoms. The second-order valence-corrected chi connectivity index (χ2v) is 2.97. The number of hydrogen-bond donors (Lipinski definition) is 1. The van der Waals surface area contributed by atoms with E-state index in [0.29, 0.717) is 12.1 Å². The monoisotopic (exact) mass is 257 g/mol. The molecule has 0 fully saturated rings. The van der Waals surface area contributed by atoms with Crippen LogP contribution in [0.1, 0.15) is 5.56 Å². The molecule has 0 aliphatic heterocycles. The highest BCUT2D eigenvalue weighted by Gasteiger charge is 2.36. The van der Waals surface area contributed by atoms with Gasteiger partial charge in [-0.15, -0.1) is 0 Å². The van der Waals surface area contributed by atoms with Crippen LogP contribution >= 0.6 is 0 Å². The smallest absolute Gasteiger partial charge is 0.420 e. The van der Waals surface area contributed by atoms with Crippen molar-refractivity contribution in [2.24, 2.45) is 0 Å². The summed E-state index contributed by atoms with van der Waals surface area (Å²) in [7, 11) is 1.11. The number of nitrogen functional groups attached to an aromatic ring is 1. The number of hydrogen-bond acceptors (Lipinski definition) is 3. The van der Waals surface area contributed by atoms with Gasteiger partial charge >= 0.3 is 12.8 Å². The molecule has 1 aromatic rings. The summed E-state index contributed by atoms with van der Waals surface area (Å²) in [6.07, 6.45) is -4.84. The molecule has 1 aromatic carbocycles. The Morgan fingerprint density at radius 1 is 1.18 bits per heavy atom. The SMILES string of the molecule is COc1cc(C(F)(F)F)c(OC(F)F)cc1N. The number of rotatable bonds is 3. The number of methoxy groups -OCH3 is 1. The number of benzene rings is 1. The molecule has 0 saturated carbocycles. The van der Waals surface area contributed by atoms with Crippen molar-refractivity contribution < 1.29 is 31.4 Å². The Balaban J connectivity index is 3.31. The molecule has 0 amide bonds. The van der Waals surface area contributed by atoms with Gasteiger partial charge in [0.15, 0.2) is 0 Å². The molecule has 0 atom stereocenters. The molecular weight excluding hydrogens is 249 g/mol. The van der Waals surface area contributed by atoms with Gasteiger partial charge in [-0.2, -0.15) is 22.0 Å². The Morgan fingerprint density at radius 3 is 2.18 bits per heavy atom. The van der Waals surface area contributed by atoms with Gasteiger partial charge in [0, 0.05) is 6.07 Å². The second-order valence-electron chi connectivity index (χ2n) is 2.97. The Morgan fingerprint density at radius 2 is 1.76 bits per heavy atom. The zero-order valence-electron chi connectivity index (χ0n) is 8.52. The number of ether oxygens (including phenoxy) is 2. The standard InChI is InChI=1S/C9H8F5NO2/c1-16-7-2-4(9(12,13)14)6(3-5(7)15)17-8(10)11/h2-3,8H,15H2,1H3. The third-order valence-corrected chi connectivity index (χ3v) is 1.85. The molecule has 0 heterocycles. The quantitative estimate of drug-likeness (QED) is 0.668. The predicted octanol–water partition coefficient (Wildman–Crippen LogP) is 2.90. The molecule has 0 aromatic heterocycles. The normalized spacial score (nSPS) is 11.7. The maximum Gasteiger partial charge on any atom is 0.420 e. The highest BCUT2D eigenvalue weighted by molar-refractivity contribution is 5.60. The first kappa shape index (κ1) is 13.3. The molecule has 0 saturated heterocycles. The highest BCUT2D eigenvalue weighted by atomic mass is 19.4. The molecule has 0 radical (unpaired) electrons. The Kier molecular flexibility index (Phi) is 3.64. The van der Waals surface area contributed by atoms with E-state index in [1.54, 1.807) is 0 Å². The molecular formula is C9H8F5NO2. The van der Waals surface area contributed by atoms with E-state index >= 15 is 0 Å². The second kappa shape index (κ2) is 4.64. The maximum absolute atomic E-state index is 12.5. The Bertz CT molecular complexity index is 405. The molecule has 2 N–H and O–H groups in total. The molecule has 1 rings (SSSR count). The van der Waals surface area contributed by atoms with Crippen LogP contribution in [0, 0.1) is 0 Å². The van der Waals surface area contributed by atoms with Crippen LogP contribution in [0.15, 0.2) is 12.1 Å². The van der Waals surface area contributed by atoms with Crippen LogP contribution in [0.4, 0.5) is 27.6 Å². The fourth-order valence-electron chi connectivity index (χ4n) is 1.17. The van der Waals surface area contributed by atoms with Gasteiger partial charge in [-0.3, -0.25) is 0 Å². The predicted molar refractivity (Wildman–Crippen MR) is 49.0 cm³/mol. The van der Waals surface area contributed by atoms with Crippen LogP contribution in [0.2, 0.25) is 0 Å². The van der Waals surface area contributed by atoms with E-state index in [0.717, 1.165) is 7.11 Å². The summed E-state index contributed by atoms with van der Waals surface area (Å²) >= 11 is 0. The van der Waals surface area contributed by atoms with Crippen molar-refractivity contribution in [2.75, 3.05) is 12.8 Å². The maximum atomic E-state index is 12.5. The Hall–Kier alpha value is -1.73. The van der Waals surface area contributed by atoms with Crippen LogP contribution in [0.5, 0.6) is 11.5 Å². The zero-order chi connectivity index (χ0) is 13.2. The van der Waals surface area contributed by atoms with Crippen molar-refractivity contribution in [2.45, 2.75) is 12.8 Å². The van der Waals surface area contributed by atoms with Crippen LogP contribution in [-0.2, 0) is 6.18 Å². The van der Waals surface area contributed by atoms with E-state index in [2.05, 4.69) is 9.47 Å². The number of alkyl halides is 5. The molecule has 0 aliphatic rings. The molecule has 17 heavy (non-hydrogen) atoms. The summed E-state index contributed by atoms with van der Waals surface area (Å²) in [5.41, 5.74) is 3.71. The summed E-state index contributed by atoms with van der Waals surface area (Å²) in [6, 6.07) is 1.15. The first-order valence-electron chi connectivity index (χ1n) is 4.25. The summed E-state index contributed by atoms with van der Waals surface area (Å²) in [5.74, 6) is -1.30. The van der Waals surface area contributed by atoms with Gasteiger partial charge in [0.05, 0.1) is 12.8 Å². The van der Waals surface area contributed by atoms with Crippen molar-refractivity contribution >= 4 is 5.69 Å². The fourth-order valence-corrected chi connectivity index (χ4v) is 1.17.